The van der Waals surface area contributed by atoms with E-state index < -0.39 is 23.6 Å². The second-order valence-corrected chi connectivity index (χ2v) is 11.2. The van der Waals surface area contributed by atoms with Crippen LogP contribution in [-0.2, 0) is 11.2 Å². The summed E-state index contributed by atoms with van der Waals surface area (Å²) in [7, 11) is 0. The van der Waals surface area contributed by atoms with Gasteiger partial charge in [0.15, 0.2) is 0 Å². The van der Waals surface area contributed by atoms with Crippen molar-refractivity contribution >= 4 is 5.97 Å². The molecule has 35 heavy (non-hydrogen) atoms. The molecule has 2 rings (SSSR count). The molecule has 1 aliphatic carbocycles. The van der Waals surface area contributed by atoms with Crippen LogP contribution in [0.1, 0.15) is 122 Å². The van der Waals surface area contributed by atoms with Crippen molar-refractivity contribution in [2.75, 3.05) is 0 Å². The SMILES string of the molecule is CCCCCCC[C@H](O)CCCCCC[C@H](C(=O)O)[C@H](O)CC[C@]1(O)CC[C@@H](Cc2cc[nH]c2)C1. The Hall–Kier alpha value is -1.37. The molecule has 0 saturated heterocycles. The number of rotatable bonds is 20. The number of carbonyl (C=O) groups is 1. The fourth-order valence-electron chi connectivity index (χ4n) is 5.76. The Bertz CT molecular complexity index is 679. The van der Waals surface area contributed by atoms with Crippen LogP contribution in [0.2, 0.25) is 0 Å². The largest absolute Gasteiger partial charge is 0.481 e. The van der Waals surface area contributed by atoms with Crippen LogP contribution >= 0.6 is 0 Å². The third kappa shape index (κ3) is 11.9. The van der Waals surface area contributed by atoms with Gasteiger partial charge in [-0.05, 0) is 75.3 Å². The quantitative estimate of drug-likeness (QED) is 0.143. The monoisotopic (exact) mass is 493 g/mol. The molecule has 0 spiro atoms. The third-order valence-electron chi connectivity index (χ3n) is 8.00. The molecule has 1 aromatic heterocycles. The van der Waals surface area contributed by atoms with Crippen LogP contribution < -0.4 is 0 Å². The number of hydrogen-bond acceptors (Lipinski definition) is 4. The molecule has 0 radical (unpaired) electrons. The van der Waals surface area contributed by atoms with Gasteiger partial charge in [-0.1, -0.05) is 64.7 Å². The molecule has 1 aromatic rings. The Morgan fingerprint density at radius 2 is 1.69 bits per heavy atom. The van der Waals surface area contributed by atoms with E-state index in [1.54, 1.807) is 0 Å². The summed E-state index contributed by atoms with van der Waals surface area (Å²) in [6, 6.07) is 2.07. The maximum atomic E-state index is 11.8. The summed E-state index contributed by atoms with van der Waals surface area (Å²) in [6.07, 6.45) is 18.8. The molecular formula is C29H51NO5. The lowest BCUT2D eigenvalue weighted by molar-refractivity contribution is -0.146. The molecule has 1 fully saturated rings. The minimum atomic E-state index is -0.945. The second kappa shape index (κ2) is 16.4. The minimum absolute atomic E-state index is 0.214. The summed E-state index contributed by atoms with van der Waals surface area (Å²) in [4.78, 5) is 14.8. The third-order valence-corrected chi connectivity index (χ3v) is 8.00. The molecule has 202 valence electrons. The van der Waals surface area contributed by atoms with E-state index in [0.717, 1.165) is 64.2 Å². The molecule has 5 atom stereocenters. The van der Waals surface area contributed by atoms with Crippen LogP contribution in [0, 0.1) is 11.8 Å². The van der Waals surface area contributed by atoms with Gasteiger partial charge in [-0.2, -0.15) is 0 Å². The topological polar surface area (TPSA) is 114 Å². The number of aliphatic hydroxyl groups is 3. The molecule has 0 aliphatic heterocycles. The zero-order valence-corrected chi connectivity index (χ0v) is 22.0. The highest BCUT2D eigenvalue weighted by Gasteiger charge is 2.38. The van der Waals surface area contributed by atoms with E-state index in [0.29, 0.717) is 31.6 Å². The summed E-state index contributed by atoms with van der Waals surface area (Å²) in [5.41, 5.74) is 0.462. The highest BCUT2D eigenvalue weighted by Crippen LogP contribution is 2.40. The van der Waals surface area contributed by atoms with Gasteiger partial charge in [-0.15, -0.1) is 0 Å². The number of unbranched alkanes of at least 4 members (excludes halogenated alkanes) is 7. The van der Waals surface area contributed by atoms with E-state index in [9.17, 15) is 25.2 Å². The fourth-order valence-corrected chi connectivity index (χ4v) is 5.76. The zero-order chi connectivity index (χ0) is 25.5. The predicted octanol–water partition coefficient (Wildman–Crippen LogP) is 5.99. The lowest BCUT2D eigenvalue weighted by atomic mass is 9.87. The molecule has 0 bridgehead atoms. The zero-order valence-electron chi connectivity index (χ0n) is 22.0. The van der Waals surface area contributed by atoms with Crippen molar-refractivity contribution in [2.24, 2.45) is 11.8 Å². The number of carboxylic acid groups (broad SMARTS) is 1. The molecule has 1 heterocycles. The molecule has 0 aromatic carbocycles. The van der Waals surface area contributed by atoms with E-state index in [4.69, 9.17) is 0 Å². The highest BCUT2D eigenvalue weighted by atomic mass is 16.4. The number of aromatic amines is 1. The molecule has 0 amide bonds. The highest BCUT2D eigenvalue weighted by molar-refractivity contribution is 5.70. The van der Waals surface area contributed by atoms with Crippen molar-refractivity contribution in [3.8, 4) is 0 Å². The Kier molecular flexibility index (Phi) is 14.0. The molecule has 5 N–H and O–H groups in total. The Balaban J connectivity index is 1.58. The molecule has 6 heteroatoms. The van der Waals surface area contributed by atoms with Crippen LogP contribution in [0.15, 0.2) is 18.5 Å². The predicted molar refractivity (Wildman–Crippen MR) is 140 cm³/mol. The van der Waals surface area contributed by atoms with Crippen molar-refractivity contribution in [1.29, 1.82) is 0 Å². The lowest BCUT2D eigenvalue weighted by Crippen LogP contribution is -2.32. The maximum Gasteiger partial charge on any atom is 0.309 e. The van der Waals surface area contributed by atoms with Crippen molar-refractivity contribution in [1.82, 2.24) is 4.98 Å². The number of H-pyrrole nitrogens is 1. The summed E-state index contributed by atoms with van der Waals surface area (Å²) in [6.45, 7) is 2.20. The first-order valence-corrected chi connectivity index (χ1v) is 14.3. The average molecular weight is 494 g/mol. The lowest BCUT2D eigenvalue weighted by Gasteiger charge is -2.26. The Labute approximate surface area is 212 Å². The number of nitrogens with one attached hydrogen (secondary N) is 1. The van der Waals surface area contributed by atoms with E-state index in [-0.39, 0.29) is 6.10 Å². The number of hydrogen-bond donors (Lipinski definition) is 5. The minimum Gasteiger partial charge on any atom is -0.481 e. The van der Waals surface area contributed by atoms with Gasteiger partial charge in [-0.3, -0.25) is 4.79 Å². The van der Waals surface area contributed by atoms with E-state index >= 15 is 0 Å². The van der Waals surface area contributed by atoms with Crippen molar-refractivity contribution in [3.05, 3.63) is 24.0 Å². The molecule has 6 nitrogen and oxygen atoms in total. The van der Waals surface area contributed by atoms with Gasteiger partial charge < -0.3 is 25.4 Å². The summed E-state index contributed by atoms with van der Waals surface area (Å²) >= 11 is 0. The van der Waals surface area contributed by atoms with Crippen LogP contribution in [0.25, 0.3) is 0 Å². The van der Waals surface area contributed by atoms with Crippen molar-refractivity contribution in [3.63, 3.8) is 0 Å². The first-order chi connectivity index (χ1) is 16.8. The number of aliphatic carboxylic acids is 1. The van der Waals surface area contributed by atoms with Gasteiger partial charge in [0.2, 0.25) is 0 Å². The molecule has 1 saturated carbocycles. The van der Waals surface area contributed by atoms with Crippen LogP contribution in [0.3, 0.4) is 0 Å². The fraction of sp³-hybridized carbons (Fsp3) is 0.828. The number of carboxylic acids is 1. The van der Waals surface area contributed by atoms with Gasteiger partial charge in [0, 0.05) is 12.4 Å². The number of aliphatic hydroxyl groups excluding tert-OH is 2. The summed E-state index contributed by atoms with van der Waals surface area (Å²) in [5, 5.41) is 41.3. The maximum absolute atomic E-state index is 11.8. The van der Waals surface area contributed by atoms with Crippen molar-refractivity contribution in [2.45, 2.75) is 140 Å². The average Bonchev–Trinajstić information content (AvgIpc) is 3.47. The van der Waals surface area contributed by atoms with Gasteiger partial charge >= 0.3 is 5.97 Å². The molecular weight excluding hydrogens is 442 g/mol. The first kappa shape index (κ1) is 29.9. The van der Waals surface area contributed by atoms with Gasteiger partial charge in [-0.25, -0.2) is 0 Å². The summed E-state index contributed by atoms with van der Waals surface area (Å²) in [5.74, 6) is -1.29. The normalized spacial score (nSPS) is 22.8. The van der Waals surface area contributed by atoms with Crippen LogP contribution in [0.5, 0.6) is 0 Å². The second-order valence-electron chi connectivity index (χ2n) is 11.2. The van der Waals surface area contributed by atoms with Crippen LogP contribution in [0.4, 0.5) is 0 Å². The molecule has 1 aliphatic rings. The van der Waals surface area contributed by atoms with Crippen molar-refractivity contribution < 1.29 is 25.2 Å². The smallest absolute Gasteiger partial charge is 0.309 e. The number of aromatic nitrogens is 1. The van der Waals surface area contributed by atoms with Gasteiger partial charge in [0.05, 0.1) is 23.7 Å². The van der Waals surface area contributed by atoms with E-state index in [1.807, 2.05) is 12.4 Å². The Morgan fingerprint density at radius 1 is 1.03 bits per heavy atom. The standard InChI is InChI=1S/C29H51NO5/c1-2-3-4-5-8-11-25(31)12-9-6-7-10-13-26(28(33)34)27(32)15-18-29(35)17-14-23(21-29)20-24-16-19-30-22-24/h16,19,22-23,25-27,30-32,35H,2-15,17-18,20-21H2,1H3,(H,33,34)/t23-,25-,26-,27+,29+/m0/s1. The summed E-state index contributed by atoms with van der Waals surface area (Å²) < 4.78 is 0. The van der Waals surface area contributed by atoms with E-state index in [2.05, 4.69) is 18.0 Å². The Morgan fingerprint density at radius 3 is 2.29 bits per heavy atom. The van der Waals surface area contributed by atoms with Crippen LogP contribution in [-0.4, -0.2) is 49.2 Å². The van der Waals surface area contributed by atoms with Gasteiger partial charge in [0.1, 0.15) is 0 Å². The first-order valence-electron chi connectivity index (χ1n) is 14.3. The van der Waals surface area contributed by atoms with E-state index in [1.165, 1.54) is 31.2 Å². The molecule has 0 unspecified atom stereocenters. The van der Waals surface area contributed by atoms with Gasteiger partial charge in [0.25, 0.3) is 0 Å².